The van der Waals surface area contributed by atoms with Gasteiger partial charge in [0, 0.05) is 0 Å². The Kier molecular flexibility index (Phi) is 4.65. The van der Waals surface area contributed by atoms with Crippen LogP contribution >= 0.6 is 7.60 Å². The highest BCUT2D eigenvalue weighted by Crippen LogP contribution is 2.54. The van der Waals surface area contributed by atoms with E-state index in [1.807, 2.05) is 20.8 Å². The minimum Gasteiger partial charge on any atom is -0.376 e. The molecule has 2 aliphatic rings. The van der Waals surface area contributed by atoms with E-state index in [1.54, 1.807) is 13.8 Å². The molecule has 0 aliphatic carbocycles. The van der Waals surface area contributed by atoms with Crippen molar-refractivity contribution >= 4 is 7.60 Å². The van der Waals surface area contributed by atoms with Crippen LogP contribution in [0, 0.1) is 0 Å². The van der Waals surface area contributed by atoms with Crippen molar-refractivity contribution in [2.45, 2.75) is 70.3 Å². The molecular weight excluding hydrogens is 283 g/mol. The summed E-state index contributed by atoms with van der Waals surface area (Å²) >= 11 is 0. The highest BCUT2D eigenvalue weighted by Gasteiger charge is 2.62. The smallest absolute Gasteiger partial charge is 0.331 e. The van der Waals surface area contributed by atoms with Crippen molar-refractivity contribution in [2.75, 3.05) is 13.2 Å². The fraction of sp³-hybridized carbons (Fsp3) is 1.00. The van der Waals surface area contributed by atoms with E-state index < -0.39 is 25.0 Å². The summed E-state index contributed by atoms with van der Waals surface area (Å²) in [5.41, 5.74) is -1.23. The monoisotopic (exact) mass is 308 g/mol. The molecule has 2 saturated heterocycles. The van der Waals surface area contributed by atoms with Crippen molar-refractivity contribution < 1.29 is 28.2 Å². The van der Waals surface area contributed by atoms with E-state index >= 15 is 0 Å². The average molecular weight is 308 g/mol. The summed E-state index contributed by atoms with van der Waals surface area (Å²) in [7, 11) is -3.68. The molecule has 0 spiro atoms. The van der Waals surface area contributed by atoms with Gasteiger partial charge >= 0.3 is 7.60 Å². The predicted molar refractivity (Wildman–Crippen MR) is 73.9 cm³/mol. The van der Waals surface area contributed by atoms with Crippen LogP contribution in [-0.4, -0.2) is 53.8 Å². The van der Waals surface area contributed by atoms with E-state index in [0.29, 0.717) is 13.2 Å². The summed E-state index contributed by atoms with van der Waals surface area (Å²) in [6.45, 7) is 9.72. The number of rotatable bonds is 6. The van der Waals surface area contributed by atoms with Crippen molar-refractivity contribution in [3.05, 3.63) is 0 Å². The highest BCUT2D eigenvalue weighted by atomic mass is 31.2. The molecule has 0 amide bonds. The molecule has 20 heavy (non-hydrogen) atoms. The lowest BCUT2D eigenvalue weighted by molar-refractivity contribution is -0.168. The molecule has 1 N–H and O–H groups in total. The quantitative estimate of drug-likeness (QED) is 0.756. The third-order valence-electron chi connectivity index (χ3n) is 3.80. The van der Waals surface area contributed by atoms with Gasteiger partial charge in [-0.3, -0.25) is 9.09 Å². The minimum absolute atomic E-state index is 0.0506. The molecule has 6 nitrogen and oxygen atoms in total. The van der Waals surface area contributed by atoms with E-state index in [9.17, 15) is 9.46 Å². The molecule has 0 aromatic heterocycles. The molecule has 0 radical (unpaired) electrons. The predicted octanol–water partition coefficient (Wildman–Crippen LogP) is 1.95. The Bertz CT molecular complexity index is 398. The van der Waals surface area contributed by atoms with E-state index in [0.717, 1.165) is 0 Å². The number of fused-ring (bicyclic) bond motifs is 2. The summed E-state index contributed by atoms with van der Waals surface area (Å²) in [5, 5.41) is 0. The fourth-order valence-corrected chi connectivity index (χ4v) is 3.41. The molecule has 2 fully saturated rings. The van der Waals surface area contributed by atoms with E-state index in [4.69, 9.17) is 18.7 Å². The van der Waals surface area contributed by atoms with Gasteiger partial charge in [0.05, 0.1) is 31.1 Å². The minimum atomic E-state index is -3.68. The van der Waals surface area contributed by atoms with Crippen molar-refractivity contribution in [1.29, 1.82) is 0 Å². The largest absolute Gasteiger partial charge is 0.376 e. The third-order valence-corrected chi connectivity index (χ3v) is 5.63. The van der Waals surface area contributed by atoms with Gasteiger partial charge in [-0.25, -0.2) is 0 Å². The normalized spacial score (nSPS) is 39.7. The van der Waals surface area contributed by atoms with Gasteiger partial charge in [-0.1, -0.05) is 13.8 Å². The summed E-state index contributed by atoms with van der Waals surface area (Å²) in [6, 6.07) is 0. The average Bonchev–Trinajstić information content (AvgIpc) is 2.77. The van der Waals surface area contributed by atoms with Crippen molar-refractivity contribution in [2.24, 2.45) is 0 Å². The zero-order valence-corrected chi connectivity index (χ0v) is 13.6. The van der Waals surface area contributed by atoms with E-state index in [2.05, 4.69) is 0 Å². The lowest BCUT2D eigenvalue weighted by atomic mass is 10.00. The highest BCUT2D eigenvalue weighted by molar-refractivity contribution is 7.53. The van der Waals surface area contributed by atoms with Gasteiger partial charge in [0.1, 0.15) is 17.8 Å². The summed E-state index contributed by atoms with van der Waals surface area (Å²) in [6.07, 6.45) is -0.995. The Morgan fingerprint density at radius 3 is 2.55 bits per heavy atom. The zero-order chi connectivity index (χ0) is 15.1. The summed E-state index contributed by atoms with van der Waals surface area (Å²) in [5.74, 6) is 0. The van der Waals surface area contributed by atoms with Crippen molar-refractivity contribution in [1.82, 2.24) is 0 Å². The topological polar surface area (TPSA) is 74.2 Å². The van der Waals surface area contributed by atoms with Gasteiger partial charge in [0.2, 0.25) is 0 Å². The molecule has 2 bridgehead atoms. The van der Waals surface area contributed by atoms with Gasteiger partial charge in [0.25, 0.3) is 0 Å². The maximum atomic E-state index is 12.2. The first-order valence-electron chi connectivity index (χ1n) is 7.10. The number of hydrogen-bond acceptors (Lipinski definition) is 5. The van der Waals surface area contributed by atoms with Gasteiger partial charge in [0.15, 0.2) is 0 Å². The Morgan fingerprint density at radius 1 is 1.40 bits per heavy atom. The molecule has 2 heterocycles. The van der Waals surface area contributed by atoms with Crippen LogP contribution in [0.5, 0.6) is 0 Å². The van der Waals surface area contributed by atoms with Crippen molar-refractivity contribution in [3.8, 4) is 0 Å². The van der Waals surface area contributed by atoms with Crippen LogP contribution in [0.25, 0.3) is 0 Å². The fourth-order valence-electron chi connectivity index (χ4n) is 2.53. The Morgan fingerprint density at radius 2 is 2.05 bits per heavy atom. The molecule has 5 atom stereocenters. The summed E-state index contributed by atoms with van der Waals surface area (Å²) in [4.78, 5) is 9.97. The van der Waals surface area contributed by atoms with Crippen LogP contribution in [0.2, 0.25) is 0 Å². The Balaban J connectivity index is 2.15. The molecule has 0 aromatic rings. The zero-order valence-electron chi connectivity index (χ0n) is 12.7. The first-order valence-corrected chi connectivity index (χ1v) is 8.74. The third kappa shape index (κ3) is 2.96. The lowest BCUT2D eigenvalue weighted by Crippen LogP contribution is -2.46. The van der Waals surface area contributed by atoms with Crippen molar-refractivity contribution in [3.63, 3.8) is 0 Å². The first kappa shape index (κ1) is 16.4. The molecule has 2 rings (SSSR count). The van der Waals surface area contributed by atoms with Gasteiger partial charge in [-0.15, -0.1) is 0 Å². The van der Waals surface area contributed by atoms with Gasteiger partial charge in [-0.2, -0.15) is 0 Å². The Hall–Kier alpha value is 0.0300. The maximum absolute atomic E-state index is 12.2. The molecular formula is C13H25O6P. The number of hydrogen-bond donors (Lipinski definition) is 1. The van der Waals surface area contributed by atoms with Crippen LogP contribution < -0.4 is 0 Å². The van der Waals surface area contributed by atoms with E-state index in [1.165, 1.54) is 0 Å². The molecule has 0 aromatic carbocycles. The SMILES string of the molecule is CC(C)OC[C@]12CO[C@@H](C1OP(=O)(O)C(C)C)[C@H](C)O2. The van der Waals surface area contributed by atoms with E-state index in [-0.39, 0.29) is 18.3 Å². The van der Waals surface area contributed by atoms with Crippen LogP contribution in [0.15, 0.2) is 0 Å². The van der Waals surface area contributed by atoms with Gasteiger partial charge < -0.3 is 19.1 Å². The maximum Gasteiger partial charge on any atom is 0.331 e. The molecule has 118 valence electrons. The molecule has 2 unspecified atom stereocenters. The Labute approximate surface area is 120 Å². The summed E-state index contributed by atoms with van der Waals surface area (Å²) < 4.78 is 34.9. The molecule has 7 heteroatoms. The second kappa shape index (κ2) is 5.67. The van der Waals surface area contributed by atoms with Crippen LogP contribution in [-0.2, 0) is 23.3 Å². The lowest BCUT2D eigenvalue weighted by Gasteiger charge is -2.32. The standard InChI is InChI=1S/C13H25O6P/c1-8(2)16-6-13-7-17-11(10(5)18-13)12(13)19-20(14,15)9(3)4/h8-12H,6-7H2,1-5H3,(H,14,15)/t10-,11+,12?,13-/m0/s1. The molecule has 2 aliphatic heterocycles. The van der Waals surface area contributed by atoms with Crippen LogP contribution in [0.1, 0.15) is 34.6 Å². The molecule has 0 saturated carbocycles. The second-order valence-corrected chi connectivity index (χ2v) is 8.58. The van der Waals surface area contributed by atoms with Crippen LogP contribution in [0.4, 0.5) is 0 Å². The second-order valence-electron chi connectivity index (χ2n) is 6.21. The number of ether oxygens (including phenoxy) is 3. The van der Waals surface area contributed by atoms with Crippen LogP contribution in [0.3, 0.4) is 0 Å². The van der Waals surface area contributed by atoms with Gasteiger partial charge in [-0.05, 0) is 20.8 Å². The first-order chi connectivity index (χ1) is 9.18.